The number of imidazole rings is 1. The zero-order valence-corrected chi connectivity index (χ0v) is 12.6. The van der Waals surface area contributed by atoms with E-state index in [1.54, 1.807) is 12.1 Å². The Kier molecular flexibility index (Phi) is 5.75. The number of nitrogens with zero attached hydrogens (tertiary/aromatic N) is 2. The fourth-order valence-corrected chi connectivity index (χ4v) is 2.12. The maximum atomic E-state index is 12.9. The molecule has 4 nitrogen and oxygen atoms in total. The molecule has 0 amide bonds. The molecule has 0 saturated heterocycles. The van der Waals surface area contributed by atoms with E-state index in [-0.39, 0.29) is 5.82 Å². The van der Waals surface area contributed by atoms with Gasteiger partial charge in [0.25, 0.3) is 0 Å². The van der Waals surface area contributed by atoms with Gasteiger partial charge in [0.15, 0.2) is 0 Å². The average molecular weight is 291 g/mol. The van der Waals surface area contributed by atoms with Gasteiger partial charge >= 0.3 is 0 Å². The van der Waals surface area contributed by atoms with Gasteiger partial charge in [-0.15, -0.1) is 0 Å². The maximum Gasteiger partial charge on any atom is 0.203 e. The average Bonchev–Trinajstić information content (AvgIpc) is 2.83. The molecular formula is C16H22FN3O. The second kappa shape index (κ2) is 7.78. The summed E-state index contributed by atoms with van der Waals surface area (Å²) >= 11 is 0. The lowest BCUT2D eigenvalue weighted by Gasteiger charge is -2.10. The van der Waals surface area contributed by atoms with Gasteiger partial charge in [0.05, 0.1) is 5.69 Å². The molecule has 0 aliphatic carbocycles. The molecule has 0 radical (unpaired) electrons. The van der Waals surface area contributed by atoms with Crippen molar-refractivity contribution in [2.45, 2.75) is 33.4 Å². The number of anilines is 1. The summed E-state index contributed by atoms with van der Waals surface area (Å²) < 4.78 is 20.3. The standard InChI is InChI=1S/C16H22FN3O/c1-3-21-10-4-9-20-12-13(2)19-16(20)18-11-14-5-7-15(17)8-6-14/h5-8,12H,3-4,9-11H2,1-2H3,(H,18,19). The number of ether oxygens (including phenoxy) is 1. The molecule has 0 bridgehead atoms. The molecule has 2 aromatic rings. The van der Waals surface area contributed by atoms with Crippen LogP contribution in [0.4, 0.5) is 10.3 Å². The van der Waals surface area contributed by atoms with E-state index in [0.29, 0.717) is 6.54 Å². The predicted molar refractivity (Wildman–Crippen MR) is 81.8 cm³/mol. The van der Waals surface area contributed by atoms with Crippen molar-refractivity contribution in [1.82, 2.24) is 9.55 Å². The number of halogens is 1. The third kappa shape index (κ3) is 4.86. The van der Waals surface area contributed by atoms with E-state index in [2.05, 4.69) is 14.9 Å². The van der Waals surface area contributed by atoms with Gasteiger partial charge in [0, 0.05) is 32.5 Å². The van der Waals surface area contributed by atoms with Crippen LogP contribution >= 0.6 is 0 Å². The van der Waals surface area contributed by atoms with Crippen LogP contribution in [0.3, 0.4) is 0 Å². The molecular weight excluding hydrogens is 269 g/mol. The van der Waals surface area contributed by atoms with Crippen LogP contribution in [0, 0.1) is 12.7 Å². The van der Waals surface area contributed by atoms with Crippen LogP contribution in [0.2, 0.25) is 0 Å². The predicted octanol–water partition coefficient (Wildman–Crippen LogP) is 3.37. The topological polar surface area (TPSA) is 39.1 Å². The van der Waals surface area contributed by atoms with Crippen molar-refractivity contribution < 1.29 is 9.13 Å². The van der Waals surface area contributed by atoms with Crippen molar-refractivity contribution in [3.05, 3.63) is 47.5 Å². The van der Waals surface area contributed by atoms with Crippen LogP contribution in [0.25, 0.3) is 0 Å². The summed E-state index contributed by atoms with van der Waals surface area (Å²) in [7, 11) is 0. The molecule has 0 spiro atoms. The van der Waals surface area contributed by atoms with E-state index in [0.717, 1.165) is 43.4 Å². The van der Waals surface area contributed by atoms with E-state index in [1.807, 2.05) is 20.0 Å². The first-order chi connectivity index (χ1) is 10.2. The Morgan fingerprint density at radius 2 is 2.05 bits per heavy atom. The number of aromatic nitrogens is 2. The van der Waals surface area contributed by atoms with Gasteiger partial charge in [0.1, 0.15) is 5.82 Å². The molecule has 0 saturated carbocycles. The van der Waals surface area contributed by atoms with E-state index < -0.39 is 0 Å². The highest BCUT2D eigenvalue weighted by Crippen LogP contribution is 2.11. The van der Waals surface area contributed by atoms with Gasteiger partial charge in [-0.1, -0.05) is 12.1 Å². The fraction of sp³-hybridized carbons (Fsp3) is 0.438. The second-order valence-corrected chi connectivity index (χ2v) is 4.93. The van der Waals surface area contributed by atoms with E-state index in [1.165, 1.54) is 12.1 Å². The van der Waals surface area contributed by atoms with Crippen molar-refractivity contribution in [3.8, 4) is 0 Å². The first-order valence-electron chi connectivity index (χ1n) is 7.29. The molecule has 114 valence electrons. The Hall–Kier alpha value is -1.88. The Morgan fingerprint density at radius 3 is 2.76 bits per heavy atom. The lowest BCUT2D eigenvalue weighted by molar-refractivity contribution is 0.142. The summed E-state index contributed by atoms with van der Waals surface area (Å²) in [5.41, 5.74) is 2.01. The lowest BCUT2D eigenvalue weighted by Crippen LogP contribution is -2.09. The molecule has 0 atom stereocenters. The van der Waals surface area contributed by atoms with Crippen LogP contribution in [0.15, 0.2) is 30.5 Å². The van der Waals surface area contributed by atoms with Crippen molar-refractivity contribution in [1.29, 1.82) is 0 Å². The Bertz CT molecular complexity index is 551. The van der Waals surface area contributed by atoms with Gasteiger partial charge in [0.2, 0.25) is 5.95 Å². The van der Waals surface area contributed by atoms with Crippen LogP contribution in [-0.2, 0) is 17.8 Å². The highest BCUT2D eigenvalue weighted by atomic mass is 19.1. The molecule has 21 heavy (non-hydrogen) atoms. The SMILES string of the molecule is CCOCCCn1cc(C)nc1NCc1ccc(F)cc1. The highest BCUT2D eigenvalue weighted by molar-refractivity contribution is 5.31. The van der Waals surface area contributed by atoms with Crippen LogP contribution in [0.1, 0.15) is 24.6 Å². The number of benzene rings is 1. The van der Waals surface area contributed by atoms with Crippen molar-refractivity contribution >= 4 is 5.95 Å². The first-order valence-corrected chi connectivity index (χ1v) is 7.29. The minimum absolute atomic E-state index is 0.216. The molecule has 0 aliphatic rings. The normalized spacial score (nSPS) is 10.8. The molecule has 1 N–H and O–H groups in total. The van der Waals surface area contributed by atoms with Gasteiger partial charge in [-0.25, -0.2) is 9.37 Å². The third-order valence-electron chi connectivity index (χ3n) is 3.15. The summed E-state index contributed by atoms with van der Waals surface area (Å²) in [5, 5.41) is 3.30. The Morgan fingerprint density at radius 1 is 1.29 bits per heavy atom. The number of hydrogen-bond donors (Lipinski definition) is 1. The van der Waals surface area contributed by atoms with Gasteiger partial charge in [-0.05, 0) is 38.0 Å². The van der Waals surface area contributed by atoms with E-state index >= 15 is 0 Å². The van der Waals surface area contributed by atoms with Gasteiger partial charge in [-0.2, -0.15) is 0 Å². The molecule has 2 rings (SSSR count). The van der Waals surface area contributed by atoms with E-state index in [4.69, 9.17) is 4.74 Å². The van der Waals surface area contributed by atoms with Crippen molar-refractivity contribution in [2.75, 3.05) is 18.5 Å². The minimum Gasteiger partial charge on any atom is -0.382 e. The Labute approximate surface area is 125 Å². The maximum absolute atomic E-state index is 12.9. The summed E-state index contributed by atoms with van der Waals surface area (Å²) in [4.78, 5) is 4.48. The zero-order chi connectivity index (χ0) is 15.1. The Balaban J connectivity index is 1.91. The smallest absolute Gasteiger partial charge is 0.203 e. The molecule has 5 heteroatoms. The molecule has 1 heterocycles. The van der Waals surface area contributed by atoms with Crippen LogP contribution in [0.5, 0.6) is 0 Å². The number of hydrogen-bond acceptors (Lipinski definition) is 3. The lowest BCUT2D eigenvalue weighted by atomic mass is 10.2. The summed E-state index contributed by atoms with van der Waals surface area (Å²) in [6, 6.07) is 6.49. The summed E-state index contributed by atoms with van der Waals surface area (Å²) in [6.07, 6.45) is 2.98. The minimum atomic E-state index is -0.216. The van der Waals surface area contributed by atoms with Crippen molar-refractivity contribution in [2.24, 2.45) is 0 Å². The zero-order valence-electron chi connectivity index (χ0n) is 12.6. The first kappa shape index (κ1) is 15.5. The quantitative estimate of drug-likeness (QED) is 0.758. The summed E-state index contributed by atoms with van der Waals surface area (Å²) in [5.74, 6) is 0.625. The largest absolute Gasteiger partial charge is 0.382 e. The monoisotopic (exact) mass is 291 g/mol. The summed E-state index contributed by atoms with van der Waals surface area (Å²) in [6.45, 7) is 6.97. The molecule has 0 aliphatic heterocycles. The molecule has 0 fully saturated rings. The van der Waals surface area contributed by atoms with Crippen LogP contribution in [-0.4, -0.2) is 22.8 Å². The third-order valence-corrected chi connectivity index (χ3v) is 3.15. The number of nitrogens with one attached hydrogen (secondary N) is 1. The number of aryl methyl sites for hydroxylation is 2. The van der Waals surface area contributed by atoms with Gasteiger partial charge < -0.3 is 14.6 Å². The second-order valence-electron chi connectivity index (χ2n) is 4.93. The van der Waals surface area contributed by atoms with Crippen LogP contribution < -0.4 is 5.32 Å². The van der Waals surface area contributed by atoms with Gasteiger partial charge in [-0.3, -0.25) is 0 Å². The van der Waals surface area contributed by atoms with Crippen molar-refractivity contribution in [3.63, 3.8) is 0 Å². The fourth-order valence-electron chi connectivity index (χ4n) is 2.12. The molecule has 1 aromatic carbocycles. The molecule has 1 aromatic heterocycles. The number of rotatable bonds is 8. The highest BCUT2D eigenvalue weighted by Gasteiger charge is 2.05. The van der Waals surface area contributed by atoms with E-state index in [9.17, 15) is 4.39 Å². The molecule has 0 unspecified atom stereocenters.